The van der Waals surface area contributed by atoms with Gasteiger partial charge in [-0.15, -0.1) is 0 Å². The summed E-state index contributed by atoms with van der Waals surface area (Å²) in [6, 6.07) is 6.62. The van der Waals surface area contributed by atoms with Gasteiger partial charge < -0.3 is 14.9 Å². The highest BCUT2D eigenvalue weighted by atomic mass is 16.5. The molecule has 0 saturated carbocycles. The monoisotopic (exact) mass is 260 g/mol. The zero-order valence-corrected chi connectivity index (χ0v) is 10.2. The molecule has 0 aliphatic carbocycles. The van der Waals surface area contributed by atoms with E-state index in [1.807, 2.05) is 0 Å². The van der Waals surface area contributed by atoms with E-state index in [9.17, 15) is 9.59 Å². The van der Waals surface area contributed by atoms with Crippen LogP contribution in [0, 0.1) is 6.92 Å². The number of nitrogens with one attached hydrogen (secondary N) is 1. The lowest BCUT2D eigenvalue weighted by Gasteiger charge is -2.04. The summed E-state index contributed by atoms with van der Waals surface area (Å²) in [5.74, 6) is -0.762. The number of carbonyl (C=O) groups excluding carboxylic acids is 1. The number of carbonyl (C=O) groups is 2. The van der Waals surface area contributed by atoms with E-state index >= 15 is 0 Å². The molecule has 2 N–H and O–H groups in total. The molecule has 2 rings (SSSR count). The summed E-state index contributed by atoms with van der Waals surface area (Å²) < 4.78 is 4.81. The van der Waals surface area contributed by atoms with Crippen LogP contribution in [0.4, 0.5) is 5.69 Å². The number of anilines is 1. The number of aromatic nitrogens is 1. The fourth-order valence-electron chi connectivity index (χ4n) is 1.60. The van der Waals surface area contributed by atoms with E-state index in [-0.39, 0.29) is 12.3 Å². The molecule has 0 bridgehead atoms. The number of nitrogens with zero attached hydrogens (tertiary/aromatic N) is 1. The molecule has 0 aliphatic rings. The molecule has 0 radical (unpaired) electrons. The lowest BCUT2D eigenvalue weighted by atomic mass is 10.1. The summed E-state index contributed by atoms with van der Waals surface area (Å²) in [5, 5.41) is 14.9. The molecule has 2 aromatic rings. The molecule has 0 unspecified atom stereocenters. The van der Waals surface area contributed by atoms with E-state index in [1.165, 1.54) is 6.20 Å². The van der Waals surface area contributed by atoms with Crippen molar-refractivity contribution < 1.29 is 19.2 Å². The van der Waals surface area contributed by atoms with Crippen LogP contribution in [0.5, 0.6) is 0 Å². The van der Waals surface area contributed by atoms with Crippen molar-refractivity contribution in [3.63, 3.8) is 0 Å². The minimum atomic E-state index is -0.892. The number of hydrogen-bond acceptors (Lipinski definition) is 4. The van der Waals surface area contributed by atoms with Gasteiger partial charge in [0.05, 0.1) is 12.6 Å². The summed E-state index contributed by atoms with van der Waals surface area (Å²) in [6.45, 7) is 1.65. The van der Waals surface area contributed by atoms with Crippen LogP contribution in [0.2, 0.25) is 0 Å². The predicted octanol–water partition coefficient (Wildman–Crippen LogP) is 1.86. The maximum Gasteiger partial charge on any atom is 0.307 e. The molecule has 0 fully saturated rings. The molecule has 19 heavy (non-hydrogen) atoms. The van der Waals surface area contributed by atoms with Gasteiger partial charge in [0, 0.05) is 5.69 Å². The Kier molecular flexibility index (Phi) is 3.61. The largest absolute Gasteiger partial charge is 0.481 e. The first-order valence-corrected chi connectivity index (χ1v) is 5.59. The molecule has 0 saturated heterocycles. The average molecular weight is 260 g/mol. The van der Waals surface area contributed by atoms with Crippen molar-refractivity contribution in [3.8, 4) is 0 Å². The van der Waals surface area contributed by atoms with Gasteiger partial charge in [0.15, 0.2) is 0 Å². The van der Waals surface area contributed by atoms with Crippen molar-refractivity contribution in [2.75, 3.05) is 5.32 Å². The molecular weight excluding hydrogens is 248 g/mol. The smallest absolute Gasteiger partial charge is 0.307 e. The number of amides is 1. The molecule has 1 aromatic carbocycles. The van der Waals surface area contributed by atoms with Crippen LogP contribution < -0.4 is 5.32 Å². The Hall–Kier alpha value is -2.63. The van der Waals surface area contributed by atoms with E-state index in [0.29, 0.717) is 22.6 Å². The van der Waals surface area contributed by atoms with Gasteiger partial charge in [0.2, 0.25) is 0 Å². The van der Waals surface area contributed by atoms with Gasteiger partial charge in [-0.1, -0.05) is 17.3 Å². The summed E-state index contributed by atoms with van der Waals surface area (Å²) in [7, 11) is 0. The lowest BCUT2D eigenvalue weighted by Crippen LogP contribution is -2.12. The topological polar surface area (TPSA) is 92.4 Å². The van der Waals surface area contributed by atoms with Crippen LogP contribution >= 0.6 is 0 Å². The van der Waals surface area contributed by atoms with Crippen LogP contribution in [0.1, 0.15) is 21.7 Å². The van der Waals surface area contributed by atoms with Crippen molar-refractivity contribution in [1.82, 2.24) is 5.16 Å². The quantitative estimate of drug-likeness (QED) is 0.875. The Morgan fingerprint density at radius 2 is 2.00 bits per heavy atom. The van der Waals surface area contributed by atoms with E-state index in [2.05, 4.69) is 10.5 Å². The van der Waals surface area contributed by atoms with Gasteiger partial charge in [0.25, 0.3) is 5.91 Å². The molecule has 1 heterocycles. The highest BCUT2D eigenvalue weighted by Gasteiger charge is 2.12. The molecule has 6 heteroatoms. The second-order valence-electron chi connectivity index (χ2n) is 4.02. The van der Waals surface area contributed by atoms with E-state index in [4.69, 9.17) is 9.63 Å². The molecule has 6 nitrogen and oxygen atoms in total. The minimum absolute atomic E-state index is 0.0427. The van der Waals surface area contributed by atoms with E-state index in [0.717, 1.165) is 0 Å². The van der Waals surface area contributed by atoms with Crippen LogP contribution in [0.3, 0.4) is 0 Å². The van der Waals surface area contributed by atoms with Crippen LogP contribution in [-0.2, 0) is 11.2 Å². The number of aliphatic carboxylic acids is 1. The van der Waals surface area contributed by atoms with Gasteiger partial charge in [-0.25, -0.2) is 0 Å². The first-order valence-electron chi connectivity index (χ1n) is 5.59. The molecular formula is C13H12N2O4. The van der Waals surface area contributed by atoms with Crippen molar-refractivity contribution in [3.05, 3.63) is 47.3 Å². The second-order valence-corrected chi connectivity index (χ2v) is 4.02. The molecule has 1 aromatic heterocycles. The average Bonchev–Trinajstić information content (AvgIpc) is 2.77. The highest BCUT2D eigenvalue weighted by molar-refractivity contribution is 6.04. The Balaban J connectivity index is 2.06. The lowest BCUT2D eigenvalue weighted by molar-refractivity contribution is -0.136. The van der Waals surface area contributed by atoms with Gasteiger partial charge in [-0.2, -0.15) is 0 Å². The third-order valence-corrected chi connectivity index (χ3v) is 2.56. The fraction of sp³-hybridized carbons (Fsp3) is 0.154. The third kappa shape index (κ3) is 3.19. The molecule has 98 valence electrons. The Morgan fingerprint density at radius 3 is 2.53 bits per heavy atom. The second kappa shape index (κ2) is 5.34. The van der Waals surface area contributed by atoms with Crippen molar-refractivity contribution in [2.24, 2.45) is 0 Å². The zero-order chi connectivity index (χ0) is 13.8. The normalized spacial score (nSPS) is 10.2. The van der Waals surface area contributed by atoms with Crippen LogP contribution in [0.15, 0.2) is 35.0 Å². The van der Waals surface area contributed by atoms with Gasteiger partial charge in [-0.05, 0) is 24.6 Å². The summed E-state index contributed by atoms with van der Waals surface area (Å²) in [6.07, 6.45) is 1.31. The highest BCUT2D eigenvalue weighted by Crippen LogP contribution is 2.13. The first-order chi connectivity index (χ1) is 9.06. The SMILES string of the molecule is Cc1oncc1C(=O)Nc1ccc(CC(=O)O)cc1. The van der Waals surface area contributed by atoms with E-state index in [1.54, 1.807) is 31.2 Å². The standard InChI is InChI=1S/C13H12N2O4/c1-8-11(7-14-19-8)13(18)15-10-4-2-9(3-5-10)6-12(16)17/h2-5,7H,6H2,1H3,(H,15,18)(H,16,17). The number of carboxylic acid groups (broad SMARTS) is 1. The summed E-state index contributed by atoms with van der Waals surface area (Å²) in [5.41, 5.74) is 1.63. The summed E-state index contributed by atoms with van der Waals surface area (Å²) >= 11 is 0. The Morgan fingerprint density at radius 1 is 1.32 bits per heavy atom. The molecule has 0 atom stereocenters. The molecule has 0 spiro atoms. The Labute approximate surface area is 109 Å². The number of rotatable bonds is 4. The number of carboxylic acids is 1. The molecule has 0 aliphatic heterocycles. The van der Waals surface area contributed by atoms with Crippen LogP contribution in [-0.4, -0.2) is 22.1 Å². The summed E-state index contributed by atoms with van der Waals surface area (Å²) in [4.78, 5) is 22.4. The number of aryl methyl sites for hydroxylation is 1. The predicted molar refractivity (Wildman–Crippen MR) is 67.0 cm³/mol. The van der Waals surface area contributed by atoms with Crippen LogP contribution in [0.25, 0.3) is 0 Å². The minimum Gasteiger partial charge on any atom is -0.481 e. The first kappa shape index (κ1) is 12.8. The maximum absolute atomic E-state index is 11.9. The number of hydrogen-bond donors (Lipinski definition) is 2. The Bertz CT molecular complexity index is 601. The molecule has 1 amide bonds. The number of benzene rings is 1. The van der Waals surface area contributed by atoms with Gasteiger partial charge in [-0.3, -0.25) is 9.59 Å². The van der Waals surface area contributed by atoms with Crippen molar-refractivity contribution in [2.45, 2.75) is 13.3 Å². The third-order valence-electron chi connectivity index (χ3n) is 2.56. The van der Waals surface area contributed by atoms with Gasteiger partial charge >= 0.3 is 5.97 Å². The zero-order valence-electron chi connectivity index (χ0n) is 10.2. The van der Waals surface area contributed by atoms with Gasteiger partial charge in [0.1, 0.15) is 11.3 Å². The van der Waals surface area contributed by atoms with Crippen molar-refractivity contribution >= 4 is 17.6 Å². The van der Waals surface area contributed by atoms with Crippen molar-refractivity contribution in [1.29, 1.82) is 0 Å². The van der Waals surface area contributed by atoms with E-state index < -0.39 is 5.97 Å². The fourth-order valence-corrected chi connectivity index (χ4v) is 1.60. The maximum atomic E-state index is 11.9.